The summed E-state index contributed by atoms with van der Waals surface area (Å²) < 4.78 is 13.7. The van der Waals surface area contributed by atoms with Crippen molar-refractivity contribution in [3.8, 4) is 11.8 Å². The van der Waals surface area contributed by atoms with Crippen LogP contribution in [0.2, 0.25) is 0 Å². The Bertz CT molecular complexity index is 1160. The molecule has 1 atom stereocenters. The molecule has 140 valence electrons. The summed E-state index contributed by atoms with van der Waals surface area (Å²) in [7, 11) is 2.84. The molecule has 8 nitrogen and oxygen atoms in total. The molecular formula is C19H20N4O4. The van der Waals surface area contributed by atoms with Gasteiger partial charge in [-0.15, -0.1) is 0 Å². The van der Waals surface area contributed by atoms with Crippen molar-refractivity contribution in [2.24, 2.45) is 14.1 Å². The number of anilines is 1. The molecule has 0 amide bonds. The molecule has 1 aromatic carbocycles. The largest absolute Gasteiger partial charge is 0.490 e. The Morgan fingerprint density at radius 3 is 2.70 bits per heavy atom. The Balaban J connectivity index is 2.04. The van der Waals surface area contributed by atoms with Crippen molar-refractivity contribution < 1.29 is 9.15 Å². The van der Waals surface area contributed by atoms with Crippen LogP contribution in [0.15, 0.2) is 38.3 Å². The number of nitrogens with one attached hydrogen (secondary N) is 1. The summed E-state index contributed by atoms with van der Waals surface area (Å²) in [6, 6.07) is 8.96. The number of nitriles is 1. The summed E-state index contributed by atoms with van der Waals surface area (Å²) in [6.45, 7) is 4.23. The number of fused-ring (bicyclic) bond motifs is 1. The van der Waals surface area contributed by atoms with Gasteiger partial charge in [-0.25, -0.2) is 4.79 Å². The number of nitrogens with zero attached hydrogens (tertiary/aromatic N) is 3. The number of furan rings is 1. The molecule has 0 saturated heterocycles. The van der Waals surface area contributed by atoms with E-state index in [-0.39, 0.29) is 11.4 Å². The third-order valence-corrected chi connectivity index (χ3v) is 4.38. The van der Waals surface area contributed by atoms with Crippen molar-refractivity contribution in [2.45, 2.75) is 19.9 Å². The fourth-order valence-electron chi connectivity index (χ4n) is 2.93. The van der Waals surface area contributed by atoms with E-state index in [1.54, 1.807) is 0 Å². The van der Waals surface area contributed by atoms with Crippen LogP contribution >= 0.6 is 0 Å². The second-order valence-corrected chi connectivity index (χ2v) is 6.16. The minimum atomic E-state index is -0.640. The third kappa shape index (κ3) is 3.08. The van der Waals surface area contributed by atoms with Crippen molar-refractivity contribution >= 4 is 16.8 Å². The van der Waals surface area contributed by atoms with Crippen molar-refractivity contribution in [2.75, 3.05) is 11.9 Å². The number of ether oxygens (including phenoxy) is 1. The van der Waals surface area contributed by atoms with Crippen LogP contribution in [-0.4, -0.2) is 15.7 Å². The van der Waals surface area contributed by atoms with E-state index < -0.39 is 17.3 Å². The van der Waals surface area contributed by atoms with Gasteiger partial charge in [-0.1, -0.05) is 12.1 Å². The minimum Gasteiger partial charge on any atom is -0.490 e. The Morgan fingerprint density at radius 2 is 2.04 bits per heavy atom. The number of aromatic nitrogens is 2. The molecule has 8 heteroatoms. The topological polar surface area (TPSA) is 102 Å². The molecule has 0 unspecified atom stereocenters. The lowest BCUT2D eigenvalue weighted by Crippen LogP contribution is -2.40. The molecule has 27 heavy (non-hydrogen) atoms. The molecule has 0 fully saturated rings. The van der Waals surface area contributed by atoms with E-state index in [4.69, 9.17) is 9.15 Å². The van der Waals surface area contributed by atoms with Gasteiger partial charge in [-0.3, -0.25) is 13.9 Å². The molecular weight excluding hydrogens is 348 g/mol. The molecule has 0 aliphatic carbocycles. The monoisotopic (exact) mass is 368 g/mol. The number of benzene rings is 1. The Morgan fingerprint density at radius 1 is 1.30 bits per heavy atom. The van der Waals surface area contributed by atoms with Crippen LogP contribution in [0.5, 0.6) is 5.75 Å². The van der Waals surface area contributed by atoms with E-state index in [9.17, 15) is 14.9 Å². The molecule has 1 N–H and O–H groups in total. The van der Waals surface area contributed by atoms with E-state index in [2.05, 4.69) is 5.32 Å². The van der Waals surface area contributed by atoms with E-state index in [0.29, 0.717) is 23.7 Å². The fourth-order valence-corrected chi connectivity index (χ4v) is 2.93. The quantitative estimate of drug-likeness (QED) is 0.741. The highest BCUT2D eigenvalue weighted by Gasteiger charge is 2.20. The molecule has 0 radical (unpaired) electrons. The van der Waals surface area contributed by atoms with Gasteiger partial charge >= 0.3 is 5.69 Å². The average molecular weight is 368 g/mol. The zero-order valence-electron chi connectivity index (χ0n) is 15.6. The van der Waals surface area contributed by atoms with Gasteiger partial charge in [0.2, 0.25) is 0 Å². The molecule has 0 spiro atoms. The van der Waals surface area contributed by atoms with Crippen molar-refractivity contribution in [3.05, 3.63) is 56.4 Å². The molecule has 3 rings (SSSR count). The Labute approximate surface area is 155 Å². The lowest BCUT2D eigenvalue weighted by molar-refractivity contribution is 0.337. The van der Waals surface area contributed by atoms with Gasteiger partial charge < -0.3 is 14.5 Å². The van der Waals surface area contributed by atoms with Crippen LogP contribution in [0.4, 0.5) is 5.82 Å². The first-order valence-corrected chi connectivity index (χ1v) is 8.50. The molecule has 0 bridgehead atoms. The Kier molecular flexibility index (Phi) is 4.77. The normalized spacial score (nSPS) is 12.0. The predicted molar refractivity (Wildman–Crippen MR) is 101 cm³/mol. The molecule has 2 heterocycles. The third-order valence-electron chi connectivity index (χ3n) is 4.38. The Hall–Kier alpha value is -3.47. The van der Waals surface area contributed by atoms with Crippen LogP contribution in [0.1, 0.15) is 31.2 Å². The van der Waals surface area contributed by atoms with Crippen molar-refractivity contribution in [3.63, 3.8) is 0 Å². The molecule has 0 saturated carbocycles. The number of rotatable bonds is 5. The van der Waals surface area contributed by atoms with Gasteiger partial charge in [0.15, 0.2) is 16.9 Å². The first-order valence-electron chi connectivity index (χ1n) is 8.50. The lowest BCUT2D eigenvalue weighted by atomic mass is 10.2. The van der Waals surface area contributed by atoms with Crippen LogP contribution < -0.4 is 21.3 Å². The predicted octanol–water partition coefficient (Wildman–Crippen LogP) is 2.27. The standard InChI is InChI=1S/C19H20N4O4/c1-5-26-14-8-6-7-12-9-15(27-16(12)14)11(2)21-17-13(10-20)18(24)23(4)19(25)22(17)3/h6-9,11,21H,5H2,1-4H3/t11-/m1/s1. The zero-order valence-corrected chi connectivity index (χ0v) is 15.6. The second-order valence-electron chi connectivity index (χ2n) is 6.16. The minimum absolute atomic E-state index is 0.127. The summed E-state index contributed by atoms with van der Waals surface area (Å²) in [5, 5.41) is 13.3. The maximum atomic E-state index is 12.2. The van der Waals surface area contributed by atoms with Gasteiger partial charge in [-0.2, -0.15) is 5.26 Å². The van der Waals surface area contributed by atoms with Gasteiger partial charge in [0.1, 0.15) is 17.6 Å². The van der Waals surface area contributed by atoms with Gasteiger partial charge in [-0.05, 0) is 26.0 Å². The summed E-state index contributed by atoms with van der Waals surface area (Å²) in [4.78, 5) is 24.4. The van der Waals surface area contributed by atoms with Crippen LogP contribution in [0.25, 0.3) is 11.0 Å². The highest BCUT2D eigenvalue weighted by Crippen LogP contribution is 2.32. The number of hydrogen-bond acceptors (Lipinski definition) is 6. The van der Waals surface area contributed by atoms with Crippen molar-refractivity contribution in [1.82, 2.24) is 9.13 Å². The average Bonchev–Trinajstić information content (AvgIpc) is 3.10. The molecule has 0 aliphatic rings. The van der Waals surface area contributed by atoms with Gasteiger partial charge in [0.05, 0.1) is 12.6 Å². The highest BCUT2D eigenvalue weighted by atomic mass is 16.5. The van der Waals surface area contributed by atoms with Gasteiger partial charge in [0, 0.05) is 19.5 Å². The van der Waals surface area contributed by atoms with E-state index >= 15 is 0 Å². The number of para-hydroxylation sites is 1. The SMILES string of the molecule is CCOc1cccc2cc([C@@H](C)Nc3c(C#N)c(=O)n(C)c(=O)n3C)oc12. The molecule has 0 aliphatic heterocycles. The van der Waals surface area contributed by atoms with E-state index in [0.717, 1.165) is 9.95 Å². The summed E-state index contributed by atoms with van der Waals surface area (Å²) in [5.41, 5.74) is -0.658. The summed E-state index contributed by atoms with van der Waals surface area (Å²) in [5.74, 6) is 1.39. The first-order chi connectivity index (χ1) is 12.9. The first kappa shape index (κ1) is 18.3. The zero-order chi connectivity index (χ0) is 19.7. The van der Waals surface area contributed by atoms with E-state index in [1.807, 2.05) is 44.2 Å². The number of hydrogen-bond donors (Lipinski definition) is 1. The fraction of sp³-hybridized carbons (Fsp3) is 0.316. The maximum Gasteiger partial charge on any atom is 0.332 e. The molecule has 2 aromatic heterocycles. The van der Waals surface area contributed by atoms with Crippen LogP contribution in [0.3, 0.4) is 0 Å². The smallest absolute Gasteiger partial charge is 0.332 e. The van der Waals surface area contributed by atoms with Gasteiger partial charge in [0.25, 0.3) is 5.56 Å². The summed E-state index contributed by atoms with van der Waals surface area (Å²) >= 11 is 0. The molecule has 3 aromatic rings. The maximum absolute atomic E-state index is 12.2. The lowest BCUT2D eigenvalue weighted by Gasteiger charge is -2.17. The van der Waals surface area contributed by atoms with E-state index in [1.165, 1.54) is 18.7 Å². The summed E-state index contributed by atoms with van der Waals surface area (Å²) in [6.07, 6.45) is 0. The van der Waals surface area contributed by atoms with Crippen LogP contribution in [0, 0.1) is 11.3 Å². The second kappa shape index (κ2) is 7.03. The van der Waals surface area contributed by atoms with Crippen LogP contribution in [-0.2, 0) is 14.1 Å². The van der Waals surface area contributed by atoms with Crippen molar-refractivity contribution in [1.29, 1.82) is 5.26 Å². The highest BCUT2D eigenvalue weighted by molar-refractivity contribution is 5.83.